The number of aryl methyl sites for hydroxylation is 1. The highest BCUT2D eigenvalue weighted by molar-refractivity contribution is 6.30. The van der Waals surface area contributed by atoms with Crippen LogP contribution in [-0.4, -0.2) is 28.8 Å². The molecule has 1 atom stereocenters. The number of hydrogen-bond donors (Lipinski definition) is 1. The van der Waals surface area contributed by atoms with Gasteiger partial charge in [-0.25, -0.2) is 8.78 Å². The summed E-state index contributed by atoms with van der Waals surface area (Å²) in [5.74, 6) is -1.06. The number of hydrogen-bond acceptors (Lipinski definition) is 4. The number of nitrogens with zero attached hydrogens (tertiary/aromatic N) is 2. The fourth-order valence-electron chi connectivity index (χ4n) is 3.37. The molecule has 1 aromatic heterocycles. The Bertz CT molecular complexity index is 1040. The van der Waals surface area contributed by atoms with Gasteiger partial charge in [-0.15, -0.1) is 0 Å². The largest absolute Gasteiger partial charge is 0.349 e. The first-order valence-corrected chi connectivity index (χ1v) is 10.5. The maximum absolute atomic E-state index is 13.9. The molecule has 1 aliphatic rings. The Labute approximate surface area is 184 Å². The predicted molar refractivity (Wildman–Crippen MR) is 116 cm³/mol. The molecule has 31 heavy (non-hydrogen) atoms. The Morgan fingerprint density at radius 2 is 2.23 bits per heavy atom. The van der Waals surface area contributed by atoms with E-state index in [1.165, 1.54) is 6.08 Å². The molecule has 0 saturated heterocycles. The Hall–Kier alpha value is -2.80. The summed E-state index contributed by atoms with van der Waals surface area (Å²) in [4.78, 5) is 16.4. The van der Waals surface area contributed by atoms with Crippen LogP contribution in [0.3, 0.4) is 0 Å². The van der Waals surface area contributed by atoms with Crippen molar-refractivity contribution in [2.75, 3.05) is 6.54 Å². The summed E-state index contributed by atoms with van der Waals surface area (Å²) in [7, 11) is 0. The molecule has 3 rings (SSSR count). The van der Waals surface area contributed by atoms with Crippen molar-refractivity contribution in [1.82, 2.24) is 15.5 Å². The number of benzene rings is 1. The molecular weight excluding hydrogens is 424 g/mol. The Kier molecular flexibility index (Phi) is 7.74. The second-order valence-electron chi connectivity index (χ2n) is 7.30. The lowest BCUT2D eigenvalue weighted by atomic mass is 9.97. The lowest BCUT2D eigenvalue weighted by Gasteiger charge is -2.12. The second-order valence-corrected chi connectivity index (χ2v) is 7.74. The number of carbonyl (C=O) groups is 1. The number of halogens is 3. The molecule has 1 unspecified atom stereocenters. The van der Waals surface area contributed by atoms with E-state index in [0.717, 1.165) is 29.2 Å². The van der Waals surface area contributed by atoms with Crippen molar-refractivity contribution < 1.29 is 18.1 Å². The van der Waals surface area contributed by atoms with Gasteiger partial charge in [0.15, 0.2) is 0 Å². The van der Waals surface area contributed by atoms with Gasteiger partial charge >= 0.3 is 0 Å². The van der Waals surface area contributed by atoms with Gasteiger partial charge in [0.05, 0.1) is 6.42 Å². The van der Waals surface area contributed by atoms with E-state index >= 15 is 0 Å². The molecular formula is C23H24ClF2N3O2. The van der Waals surface area contributed by atoms with E-state index in [9.17, 15) is 13.6 Å². The normalized spacial score (nSPS) is 16.7. The lowest BCUT2D eigenvalue weighted by molar-refractivity contribution is 0.0941. The highest BCUT2D eigenvalue weighted by Crippen LogP contribution is 2.26. The fourth-order valence-corrected chi connectivity index (χ4v) is 3.54. The molecule has 5 nitrogen and oxygen atoms in total. The van der Waals surface area contributed by atoms with E-state index in [4.69, 9.17) is 16.1 Å². The summed E-state index contributed by atoms with van der Waals surface area (Å²) < 4.78 is 32.3. The maximum atomic E-state index is 13.9. The second kappa shape index (κ2) is 10.5. The average molecular weight is 448 g/mol. The summed E-state index contributed by atoms with van der Waals surface area (Å²) in [6.07, 6.45) is 4.50. The first kappa shape index (κ1) is 22.9. The monoisotopic (exact) mass is 447 g/mol. The van der Waals surface area contributed by atoms with Crippen LogP contribution in [0.4, 0.5) is 8.78 Å². The highest BCUT2D eigenvalue weighted by atomic mass is 35.5. The number of amides is 1. The quantitative estimate of drug-likeness (QED) is 0.562. The summed E-state index contributed by atoms with van der Waals surface area (Å²) in [6, 6.07) is 5.73. The van der Waals surface area contributed by atoms with Crippen LogP contribution in [0.25, 0.3) is 5.57 Å². The van der Waals surface area contributed by atoms with Gasteiger partial charge in [0.2, 0.25) is 5.89 Å². The minimum absolute atomic E-state index is 0.0289. The molecule has 0 spiro atoms. The maximum Gasteiger partial charge on any atom is 0.292 e. The van der Waals surface area contributed by atoms with Gasteiger partial charge in [-0.3, -0.25) is 4.79 Å². The molecule has 1 aromatic carbocycles. The van der Waals surface area contributed by atoms with Crippen molar-refractivity contribution in [3.8, 4) is 0 Å². The Balaban J connectivity index is 1.59. The molecule has 1 aliphatic carbocycles. The van der Waals surface area contributed by atoms with Crippen LogP contribution in [0.5, 0.6) is 0 Å². The number of carbonyl (C=O) groups excluding carboxylic acids is 1. The molecule has 0 bridgehead atoms. The molecule has 164 valence electrons. The zero-order valence-electron chi connectivity index (χ0n) is 17.4. The standard InChI is InChI=1S/C23H24ClF2N3O2/c1-3-4-15(19-13-17(24)6-5-14(19)2)9-10-27-23(30)22-28-21(31-29-22)12-16-11-18(25)7-8-20(16)26/h4-7,11,13,20H,3,8-10,12H2,1-2H3,(H,27,30)/b15-4-. The van der Waals surface area contributed by atoms with Crippen molar-refractivity contribution in [3.63, 3.8) is 0 Å². The lowest BCUT2D eigenvalue weighted by Crippen LogP contribution is -2.25. The molecule has 0 saturated carbocycles. The molecule has 1 N–H and O–H groups in total. The van der Waals surface area contributed by atoms with Crippen LogP contribution in [-0.2, 0) is 6.42 Å². The first-order valence-electron chi connectivity index (χ1n) is 10.1. The van der Waals surface area contributed by atoms with Crippen molar-refractivity contribution in [2.24, 2.45) is 0 Å². The van der Waals surface area contributed by atoms with Gasteiger partial charge in [-0.1, -0.05) is 35.8 Å². The summed E-state index contributed by atoms with van der Waals surface area (Å²) in [5, 5.41) is 7.08. The zero-order valence-corrected chi connectivity index (χ0v) is 18.2. The Morgan fingerprint density at radius 1 is 1.42 bits per heavy atom. The number of rotatable bonds is 8. The van der Waals surface area contributed by atoms with Gasteiger partial charge in [-0.2, -0.15) is 4.98 Å². The van der Waals surface area contributed by atoms with Crippen LogP contribution in [0.2, 0.25) is 5.02 Å². The van der Waals surface area contributed by atoms with Crippen LogP contribution in [0, 0.1) is 6.92 Å². The third-order valence-electron chi connectivity index (χ3n) is 4.95. The highest BCUT2D eigenvalue weighted by Gasteiger charge is 2.21. The van der Waals surface area contributed by atoms with Crippen molar-refractivity contribution in [2.45, 2.75) is 45.7 Å². The number of alkyl halides is 1. The van der Waals surface area contributed by atoms with Gasteiger partial charge in [-0.05, 0) is 66.3 Å². The SMILES string of the molecule is CC/C=C(/CCNC(=O)c1noc(CC2=CC(F)=CCC2F)n1)c1cc(Cl)ccc1C. The zero-order chi connectivity index (χ0) is 22.4. The molecule has 0 aliphatic heterocycles. The molecule has 2 aromatic rings. The van der Waals surface area contributed by atoms with Crippen LogP contribution in [0.1, 0.15) is 53.8 Å². The van der Waals surface area contributed by atoms with Gasteiger partial charge < -0.3 is 9.84 Å². The third-order valence-corrected chi connectivity index (χ3v) is 5.18. The van der Waals surface area contributed by atoms with E-state index in [0.29, 0.717) is 18.0 Å². The van der Waals surface area contributed by atoms with E-state index in [2.05, 4.69) is 21.5 Å². The molecule has 8 heteroatoms. The van der Waals surface area contributed by atoms with Gasteiger partial charge in [0.25, 0.3) is 11.7 Å². The topological polar surface area (TPSA) is 68.0 Å². The van der Waals surface area contributed by atoms with E-state index < -0.39 is 17.9 Å². The summed E-state index contributed by atoms with van der Waals surface area (Å²) >= 11 is 6.14. The van der Waals surface area contributed by atoms with E-state index in [-0.39, 0.29) is 30.1 Å². The molecule has 0 radical (unpaired) electrons. The molecule has 1 heterocycles. The van der Waals surface area contributed by atoms with E-state index in [1.807, 2.05) is 32.0 Å². The van der Waals surface area contributed by atoms with Crippen molar-refractivity contribution in [1.29, 1.82) is 0 Å². The minimum atomic E-state index is -1.30. The molecule has 0 fully saturated rings. The number of aromatic nitrogens is 2. The number of nitrogens with one attached hydrogen (secondary N) is 1. The predicted octanol–water partition coefficient (Wildman–Crippen LogP) is 5.71. The molecule has 1 amide bonds. The summed E-state index contributed by atoms with van der Waals surface area (Å²) in [6.45, 7) is 4.43. The minimum Gasteiger partial charge on any atom is -0.349 e. The van der Waals surface area contributed by atoms with Crippen LogP contribution >= 0.6 is 11.6 Å². The summed E-state index contributed by atoms with van der Waals surface area (Å²) in [5.41, 5.74) is 3.45. The van der Waals surface area contributed by atoms with Crippen molar-refractivity contribution >= 4 is 23.1 Å². The van der Waals surface area contributed by atoms with E-state index in [1.54, 1.807) is 0 Å². The fraction of sp³-hybridized carbons (Fsp3) is 0.348. The first-order chi connectivity index (χ1) is 14.9. The Morgan fingerprint density at radius 3 is 3.00 bits per heavy atom. The third kappa shape index (κ3) is 6.10. The van der Waals surface area contributed by atoms with Crippen LogP contribution in [0.15, 0.2) is 52.4 Å². The average Bonchev–Trinajstić information content (AvgIpc) is 3.20. The smallest absolute Gasteiger partial charge is 0.292 e. The van der Waals surface area contributed by atoms with Crippen molar-refractivity contribution in [3.05, 3.63) is 75.7 Å². The number of allylic oxidation sites excluding steroid dienone is 5. The van der Waals surface area contributed by atoms with Gasteiger partial charge in [0, 0.05) is 18.0 Å². The van der Waals surface area contributed by atoms with Gasteiger partial charge in [0.1, 0.15) is 12.0 Å². The van der Waals surface area contributed by atoms with Crippen LogP contribution < -0.4 is 5.32 Å².